The summed E-state index contributed by atoms with van der Waals surface area (Å²) in [5.74, 6) is 0. The van der Waals surface area contributed by atoms with Gasteiger partial charge >= 0.3 is 313 Å². The Morgan fingerprint density at radius 2 is 0.827 bits per heavy atom. The summed E-state index contributed by atoms with van der Waals surface area (Å²) in [7, 11) is 0. The van der Waals surface area contributed by atoms with E-state index in [0.29, 0.717) is 0 Å². The fourth-order valence-corrected chi connectivity index (χ4v) is 11.8. The summed E-state index contributed by atoms with van der Waals surface area (Å²) in [4.78, 5) is 0. The van der Waals surface area contributed by atoms with E-state index in [1.54, 1.807) is 11.3 Å². The van der Waals surface area contributed by atoms with Gasteiger partial charge in [0.1, 0.15) is 0 Å². The number of fused-ring (bicyclic) bond motifs is 7. The van der Waals surface area contributed by atoms with Crippen molar-refractivity contribution in [1.82, 2.24) is 0 Å². The van der Waals surface area contributed by atoms with Crippen LogP contribution in [-0.4, -0.2) is 14.5 Å². The molecule has 0 bridgehead atoms. The number of thiophene rings is 1. The molecule has 0 amide bonds. The van der Waals surface area contributed by atoms with Crippen molar-refractivity contribution in [2.45, 2.75) is 0 Å². The molecule has 0 radical (unpaired) electrons. The van der Waals surface area contributed by atoms with Crippen LogP contribution in [0.1, 0.15) is 0 Å². The van der Waals surface area contributed by atoms with Crippen LogP contribution in [0.4, 0.5) is 0 Å². The van der Waals surface area contributed by atoms with Crippen molar-refractivity contribution in [2.75, 3.05) is 0 Å². The standard InChI is InChI=1S/C50H30SSe/c1-2-13-31(14-3-1)46-38-19-8-10-21-40(38)49(41-22-11-9-20-39(41)46)43-23-12-24-44-50(43)42-26-25-32(29-45(42)52-44)47-34-15-4-6-17-36(34)48(33-27-28-51-30-33)37-18-7-5-16-35(37)47/h1-30H. The second kappa shape index (κ2) is 11.9. The molecule has 2 heterocycles. The molecule has 0 unspecified atom stereocenters. The maximum absolute atomic E-state index is 2.51. The first-order valence-corrected chi connectivity index (χ1v) is 20.4. The predicted molar refractivity (Wildman–Crippen MR) is 228 cm³/mol. The van der Waals surface area contributed by atoms with Crippen molar-refractivity contribution in [2.24, 2.45) is 0 Å². The molecule has 0 aliphatic carbocycles. The third kappa shape index (κ3) is 4.46. The Morgan fingerprint density at radius 1 is 0.327 bits per heavy atom. The van der Waals surface area contributed by atoms with E-state index in [1.165, 1.54) is 107 Å². The van der Waals surface area contributed by atoms with Crippen LogP contribution in [0, 0.1) is 0 Å². The Kier molecular flexibility index (Phi) is 6.85. The Labute approximate surface area is 311 Å². The van der Waals surface area contributed by atoms with Gasteiger partial charge in [-0.25, -0.2) is 0 Å². The van der Waals surface area contributed by atoms with E-state index < -0.39 is 0 Å². The zero-order valence-corrected chi connectivity index (χ0v) is 30.7. The monoisotopic (exact) mass is 742 g/mol. The molecule has 0 fully saturated rings. The van der Waals surface area contributed by atoms with Crippen molar-refractivity contribution in [1.29, 1.82) is 0 Å². The molecule has 2 heteroatoms. The molecule has 9 aromatic carbocycles. The molecule has 242 valence electrons. The molecule has 0 nitrogen and oxygen atoms in total. The van der Waals surface area contributed by atoms with Gasteiger partial charge in [0.05, 0.1) is 0 Å². The summed E-state index contributed by atoms with van der Waals surface area (Å²) >= 11 is 1.95. The first-order valence-electron chi connectivity index (χ1n) is 17.7. The van der Waals surface area contributed by atoms with Gasteiger partial charge < -0.3 is 0 Å². The molecule has 11 aromatic rings. The molecule has 11 rings (SSSR count). The molecular formula is C50H30SSe. The topological polar surface area (TPSA) is 0 Å². The minimum absolute atomic E-state index is 0.189. The summed E-state index contributed by atoms with van der Waals surface area (Å²) in [6, 6.07) is 63.4. The van der Waals surface area contributed by atoms with E-state index in [2.05, 4.69) is 181 Å². The third-order valence-electron chi connectivity index (χ3n) is 10.8. The van der Waals surface area contributed by atoms with Gasteiger partial charge in [-0.05, 0) is 0 Å². The van der Waals surface area contributed by atoms with Crippen LogP contribution in [0.3, 0.4) is 0 Å². The number of hydrogen-bond donors (Lipinski definition) is 0. The van der Waals surface area contributed by atoms with Crippen LogP contribution < -0.4 is 0 Å². The van der Waals surface area contributed by atoms with Crippen LogP contribution in [0.25, 0.3) is 107 Å². The molecule has 2 aromatic heterocycles. The van der Waals surface area contributed by atoms with E-state index in [-0.39, 0.29) is 14.5 Å². The van der Waals surface area contributed by atoms with E-state index in [4.69, 9.17) is 0 Å². The number of rotatable bonds is 4. The van der Waals surface area contributed by atoms with Crippen LogP contribution in [0.2, 0.25) is 0 Å². The normalized spacial score (nSPS) is 11.8. The van der Waals surface area contributed by atoms with Gasteiger partial charge in [0.2, 0.25) is 0 Å². The van der Waals surface area contributed by atoms with Gasteiger partial charge in [0.15, 0.2) is 0 Å². The molecule has 0 aliphatic rings. The Morgan fingerprint density at radius 3 is 1.37 bits per heavy atom. The minimum atomic E-state index is 0.189. The number of hydrogen-bond acceptors (Lipinski definition) is 1. The van der Waals surface area contributed by atoms with Crippen molar-refractivity contribution >= 4 is 88.2 Å². The van der Waals surface area contributed by atoms with Crippen molar-refractivity contribution < 1.29 is 0 Å². The second-order valence-electron chi connectivity index (χ2n) is 13.6. The molecule has 0 N–H and O–H groups in total. The van der Waals surface area contributed by atoms with Crippen molar-refractivity contribution in [3.63, 3.8) is 0 Å². The first-order chi connectivity index (χ1) is 25.8. The van der Waals surface area contributed by atoms with E-state index >= 15 is 0 Å². The van der Waals surface area contributed by atoms with Gasteiger partial charge in [-0.1, -0.05) is 0 Å². The Balaban J connectivity index is 1.19. The first kappa shape index (κ1) is 29.9. The van der Waals surface area contributed by atoms with Gasteiger partial charge in [0.25, 0.3) is 0 Å². The van der Waals surface area contributed by atoms with E-state index in [0.717, 1.165) is 0 Å². The van der Waals surface area contributed by atoms with Gasteiger partial charge in [-0.15, -0.1) is 0 Å². The van der Waals surface area contributed by atoms with E-state index in [1.807, 2.05) is 0 Å². The van der Waals surface area contributed by atoms with Crippen LogP contribution in [-0.2, 0) is 0 Å². The average molecular weight is 742 g/mol. The van der Waals surface area contributed by atoms with Crippen molar-refractivity contribution in [3.8, 4) is 44.5 Å². The molecule has 0 saturated heterocycles. The average Bonchev–Trinajstić information content (AvgIpc) is 3.87. The van der Waals surface area contributed by atoms with Gasteiger partial charge in [0, 0.05) is 0 Å². The molecular weight excluding hydrogens is 712 g/mol. The Bertz CT molecular complexity index is 3050. The third-order valence-corrected chi connectivity index (χ3v) is 13.8. The van der Waals surface area contributed by atoms with Gasteiger partial charge in [-0.3, -0.25) is 0 Å². The summed E-state index contributed by atoms with van der Waals surface area (Å²) < 4.78 is 2.91. The zero-order valence-electron chi connectivity index (χ0n) is 28.1. The van der Waals surface area contributed by atoms with E-state index in [9.17, 15) is 0 Å². The van der Waals surface area contributed by atoms with Crippen LogP contribution >= 0.6 is 11.3 Å². The molecule has 0 atom stereocenters. The van der Waals surface area contributed by atoms with Crippen LogP contribution in [0.15, 0.2) is 181 Å². The summed E-state index contributed by atoms with van der Waals surface area (Å²) in [6.07, 6.45) is 0. The second-order valence-corrected chi connectivity index (χ2v) is 16.6. The maximum atomic E-state index is 2.51. The molecule has 0 spiro atoms. The Hall–Kier alpha value is -5.76. The quantitative estimate of drug-likeness (QED) is 0.124. The summed E-state index contributed by atoms with van der Waals surface area (Å²) in [6.45, 7) is 0. The molecule has 52 heavy (non-hydrogen) atoms. The zero-order chi connectivity index (χ0) is 34.2. The predicted octanol–water partition coefficient (Wildman–Crippen LogP) is 14.4. The van der Waals surface area contributed by atoms with Crippen LogP contribution in [0.5, 0.6) is 0 Å². The fourth-order valence-electron chi connectivity index (χ4n) is 8.68. The van der Waals surface area contributed by atoms with Gasteiger partial charge in [-0.2, -0.15) is 0 Å². The molecule has 0 saturated carbocycles. The summed E-state index contributed by atoms with van der Waals surface area (Å²) in [5, 5.41) is 17.7. The number of benzene rings is 9. The SMILES string of the molecule is c1ccc(-c2c3ccccc3c(-c3cccc4[se]c5cc(-c6c7ccccc7c(-c7ccsc7)c7ccccc67)ccc5c34)c3ccccc23)cc1. The molecule has 0 aliphatic heterocycles. The summed E-state index contributed by atoms with van der Waals surface area (Å²) in [5.41, 5.74) is 10.5. The fraction of sp³-hybridized carbons (Fsp3) is 0. The van der Waals surface area contributed by atoms with Crippen molar-refractivity contribution in [3.05, 3.63) is 181 Å².